The van der Waals surface area contributed by atoms with Gasteiger partial charge in [0.25, 0.3) is 0 Å². The molecule has 0 spiro atoms. The van der Waals surface area contributed by atoms with Gasteiger partial charge in [-0.2, -0.15) is 0 Å². The Bertz CT molecular complexity index is 177. The number of nitrogens with two attached hydrogens (primary N) is 1. The molecule has 0 saturated heterocycles. The van der Waals surface area contributed by atoms with Crippen molar-refractivity contribution >= 4 is 0 Å². The highest BCUT2D eigenvalue weighted by Gasteiger charge is 2.33. The maximum Gasteiger partial charge on any atom is 0.0173 e. The molecule has 0 saturated carbocycles. The lowest BCUT2D eigenvalue weighted by Crippen LogP contribution is -2.54. The molecular weight excluding hydrogens is 172 g/mol. The lowest BCUT2D eigenvalue weighted by atomic mass is 9.91. The smallest absolute Gasteiger partial charge is 0.0173 e. The molecule has 2 nitrogen and oxygen atoms in total. The third-order valence-corrected chi connectivity index (χ3v) is 2.61. The van der Waals surface area contributed by atoms with E-state index in [1.807, 2.05) is 6.08 Å². The van der Waals surface area contributed by atoms with Gasteiger partial charge >= 0.3 is 0 Å². The molecule has 0 rings (SSSR count). The summed E-state index contributed by atoms with van der Waals surface area (Å²) in [7, 11) is 0. The summed E-state index contributed by atoms with van der Waals surface area (Å²) in [5.74, 6) is 0. The molecule has 0 heterocycles. The Morgan fingerprint density at radius 2 is 1.71 bits per heavy atom. The van der Waals surface area contributed by atoms with Crippen molar-refractivity contribution in [2.24, 2.45) is 5.73 Å². The van der Waals surface area contributed by atoms with Crippen molar-refractivity contribution in [1.29, 1.82) is 0 Å². The van der Waals surface area contributed by atoms with E-state index in [9.17, 15) is 0 Å². The highest BCUT2D eigenvalue weighted by atomic mass is 15.2. The summed E-state index contributed by atoms with van der Waals surface area (Å²) in [5.41, 5.74) is 5.94. The second-order valence-electron chi connectivity index (χ2n) is 5.42. The largest absolute Gasteiger partial charge is 0.330 e. The van der Waals surface area contributed by atoms with Crippen LogP contribution in [0.3, 0.4) is 0 Å². The fourth-order valence-electron chi connectivity index (χ4n) is 2.05. The van der Waals surface area contributed by atoms with Gasteiger partial charge in [-0.3, -0.25) is 4.90 Å². The maximum atomic E-state index is 5.64. The molecule has 0 aromatic rings. The average molecular weight is 198 g/mol. The summed E-state index contributed by atoms with van der Waals surface area (Å²) in [6.07, 6.45) is 2.97. The van der Waals surface area contributed by atoms with Crippen molar-refractivity contribution < 1.29 is 0 Å². The fourth-order valence-corrected chi connectivity index (χ4v) is 2.05. The first kappa shape index (κ1) is 13.7. The molecule has 0 atom stereocenters. The molecule has 0 aliphatic rings. The van der Waals surface area contributed by atoms with Crippen LogP contribution in [-0.2, 0) is 0 Å². The lowest BCUT2D eigenvalue weighted by molar-refractivity contribution is 0.0355. The van der Waals surface area contributed by atoms with Gasteiger partial charge in [0, 0.05) is 17.6 Å². The van der Waals surface area contributed by atoms with Gasteiger partial charge in [0.15, 0.2) is 0 Å². The summed E-state index contributed by atoms with van der Waals surface area (Å²) in [5, 5.41) is 0. The Labute approximate surface area is 89.2 Å². The van der Waals surface area contributed by atoms with E-state index in [0.29, 0.717) is 0 Å². The number of nitrogens with zero attached hydrogens (tertiary/aromatic N) is 1. The van der Waals surface area contributed by atoms with Gasteiger partial charge in [-0.05, 0) is 47.6 Å². The highest BCUT2D eigenvalue weighted by Crippen LogP contribution is 2.26. The first-order valence-electron chi connectivity index (χ1n) is 5.34. The first-order valence-corrected chi connectivity index (χ1v) is 5.34. The summed E-state index contributed by atoms with van der Waals surface area (Å²) >= 11 is 0. The molecule has 0 aromatic carbocycles. The Morgan fingerprint density at radius 1 is 1.21 bits per heavy atom. The van der Waals surface area contributed by atoms with Gasteiger partial charge in [0.05, 0.1) is 0 Å². The number of hydrogen-bond acceptors (Lipinski definition) is 2. The van der Waals surface area contributed by atoms with E-state index in [1.165, 1.54) is 0 Å². The van der Waals surface area contributed by atoms with Gasteiger partial charge in [0.1, 0.15) is 0 Å². The molecule has 0 unspecified atom stereocenters. The van der Waals surface area contributed by atoms with E-state index in [1.54, 1.807) is 0 Å². The Hall–Kier alpha value is -0.340. The van der Waals surface area contributed by atoms with Crippen molar-refractivity contribution in [2.75, 3.05) is 13.1 Å². The molecule has 0 radical (unpaired) electrons. The van der Waals surface area contributed by atoms with Crippen LogP contribution in [0.25, 0.3) is 0 Å². The van der Waals surface area contributed by atoms with Crippen molar-refractivity contribution in [2.45, 2.75) is 52.1 Å². The molecule has 0 bridgehead atoms. The second kappa shape index (κ2) is 4.94. The van der Waals surface area contributed by atoms with E-state index >= 15 is 0 Å². The SMILES string of the molecule is C=CCN(C(C)(C)C)C(C)(C)CCN. The summed E-state index contributed by atoms with van der Waals surface area (Å²) in [6.45, 7) is 16.6. The van der Waals surface area contributed by atoms with Crippen LogP contribution in [-0.4, -0.2) is 29.1 Å². The minimum absolute atomic E-state index is 0.140. The van der Waals surface area contributed by atoms with Gasteiger partial charge in [-0.15, -0.1) is 6.58 Å². The quantitative estimate of drug-likeness (QED) is 0.687. The van der Waals surface area contributed by atoms with Crippen LogP contribution in [0.1, 0.15) is 41.0 Å². The molecule has 2 heteroatoms. The standard InChI is InChI=1S/C12H26N2/c1-7-10-14(11(2,3)4)12(5,6)8-9-13/h7H,1,8-10,13H2,2-6H3. The Morgan fingerprint density at radius 3 is 2.00 bits per heavy atom. The third-order valence-electron chi connectivity index (χ3n) is 2.61. The lowest BCUT2D eigenvalue weighted by Gasteiger charge is -2.46. The van der Waals surface area contributed by atoms with Gasteiger partial charge in [-0.1, -0.05) is 6.08 Å². The second-order valence-corrected chi connectivity index (χ2v) is 5.42. The van der Waals surface area contributed by atoms with E-state index in [2.05, 4.69) is 46.1 Å². The molecule has 0 fully saturated rings. The average Bonchev–Trinajstić information content (AvgIpc) is 1.97. The maximum absolute atomic E-state index is 5.64. The van der Waals surface area contributed by atoms with Gasteiger partial charge < -0.3 is 5.73 Å². The molecule has 84 valence electrons. The van der Waals surface area contributed by atoms with E-state index < -0.39 is 0 Å². The predicted octanol–water partition coefficient (Wildman–Crippen LogP) is 2.40. The molecule has 0 amide bonds. The molecular formula is C12H26N2. The monoisotopic (exact) mass is 198 g/mol. The number of hydrogen-bond donors (Lipinski definition) is 1. The summed E-state index contributed by atoms with van der Waals surface area (Å²) in [4.78, 5) is 2.44. The zero-order chi connectivity index (χ0) is 11.4. The molecule has 2 N–H and O–H groups in total. The fraction of sp³-hybridized carbons (Fsp3) is 0.833. The predicted molar refractivity (Wildman–Crippen MR) is 64.4 cm³/mol. The van der Waals surface area contributed by atoms with Crippen molar-refractivity contribution in [3.8, 4) is 0 Å². The minimum Gasteiger partial charge on any atom is -0.330 e. The van der Waals surface area contributed by atoms with Crippen LogP contribution in [0.5, 0.6) is 0 Å². The molecule has 0 aromatic heterocycles. The summed E-state index contributed by atoms with van der Waals surface area (Å²) in [6, 6.07) is 0. The van der Waals surface area contributed by atoms with E-state index in [4.69, 9.17) is 5.73 Å². The topological polar surface area (TPSA) is 29.3 Å². The van der Waals surface area contributed by atoms with Gasteiger partial charge in [0.2, 0.25) is 0 Å². The van der Waals surface area contributed by atoms with Crippen LogP contribution in [0, 0.1) is 0 Å². The zero-order valence-corrected chi connectivity index (χ0v) is 10.4. The van der Waals surface area contributed by atoms with Crippen molar-refractivity contribution in [3.05, 3.63) is 12.7 Å². The zero-order valence-electron chi connectivity index (χ0n) is 10.4. The molecule has 14 heavy (non-hydrogen) atoms. The van der Waals surface area contributed by atoms with Crippen LogP contribution < -0.4 is 5.73 Å². The van der Waals surface area contributed by atoms with Crippen molar-refractivity contribution in [3.63, 3.8) is 0 Å². The van der Waals surface area contributed by atoms with Crippen molar-refractivity contribution in [1.82, 2.24) is 4.90 Å². The van der Waals surface area contributed by atoms with Crippen LogP contribution in [0.15, 0.2) is 12.7 Å². The minimum atomic E-state index is 0.140. The van der Waals surface area contributed by atoms with Crippen LogP contribution >= 0.6 is 0 Å². The molecule has 0 aliphatic carbocycles. The summed E-state index contributed by atoms with van der Waals surface area (Å²) < 4.78 is 0. The van der Waals surface area contributed by atoms with Gasteiger partial charge in [-0.25, -0.2) is 0 Å². The molecule has 0 aliphatic heterocycles. The van der Waals surface area contributed by atoms with Crippen LogP contribution in [0.4, 0.5) is 0 Å². The highest BCUT2D eigenvalue weighted by molar-refractivity contribution is 4.93. The normalized spacial score (nSPS) is 13.4. The van der Waals surface area contributed by atoms with E-state index in [-0.39, 0.29) is 11.1 Å². The first-order chi connectivity index (χ1) is 6.25. The number of rotatable bonds is 5. The third kappa shape index (κ3) is 3.81. The Kier molecular flexibility index (Phi) is 4.82. The Balaban J connectivity index is 4.71. The van der Waals surface area contributed by atoms with E-state index in [0.717, 1.165) is 19.5 Å². The van der Waals surface area contributed by atoms with Crippen LogP contribution in [0.2, 0.25) is 0 Å².